The SMILES string of the molecule is CC(Sc1nnc2ccccn12)C(=O)Nc1ccc(OC(F)F)cc1. The fraction of sp³-hybridized carbons (Fsp3) is 0.188. The van der Waals surface area contributed by atoms with Crippen molar-refractivity contribution in [3.05, 3.63) is 48.7 Å². The van der Waals surface area contributed by atoms with Gasteiger partial charge in [-0.2, -0.15) is 8.78 Å². The number of benzene rings is 1. The summed E-state index contributed by atoms with van der Waals surface area (Å²) in [7, 11) is 0. The fourth-order valence-electron chi connectivity index (χ4n) is 2.08. The molecule has 130 valence electrons. The third-order valence-electron chi connectivity index (χ3n) is 3.28. The third-order valence-corrected chi connectivity index (χ3v) is 4.34. The summed E-state index contributed by atoms with van der Waals surface area (Å²) in [5, 5.41) is 11.0. The number of pyridine rings is 1. The minimum Gasteiger partial charge on any atom is -0.435 e. The lowest BCUT2D eigenvalue weighted by Crippen LogP contribution is -2.22. The van der Waals surface area contributed by atoms with Crippen LogP contribution in [-0.2, 0) is 4.79 Å². The van der Waals surface area contributed by atoms with E-state index in [1.807, 2.05) is 24.4 Å². The Hall–Kier alpha value is -2.68. The average molecular weight is 364 g/mol. The number of carbonyl (C=O) groups is 1. The lowest BCUT2D eigenvalue weighted by Gasteiger charge is -2.11. The first-order chi connectivity index (χ1) is 12.0. The lowest BCUT2D eigenvalue weighted by atomic mass is 10.3. The Morgan fingerprint density at radius 3 is 2.68 bits per heavy atom. The number of thioether (sulfide) groups is 1. The summed E-state index contributed by atoms with van der Waals surface area (Å²) in [5.74, 6) is -0.203. The molecule has 25 heavy (non-hydrogen) atoms. The molecule has 1 amide bonds. The highest BCUT2D eigenvalue weighted by Crippen LogP contribution is 2.24. The molecule has 0 saturated heterocycles. The number of halogens is 2. The van der Waals surface area contributed by atoms with Crippen LogP contribution in [0.2, 0.25) is 0 Å². The number of rotatable bonds is 6. The Balaban J connectivity index is 1.62. The molecule has 3 rings (SSSR count). The van der Waals surface area contributed by atoms with E-state index in [2.05, 4.69) is 20.3 Å². The molecule has 1 N–H and O–H groups in total. The largest absolute Gasteiger partial charge is 0.435 e. The van der Waals surface area contributed by atoms with Crippen LogP contribution in [-0.4, -0.2) is 32.4 Å². The molecule has 1 unspecified atom stereocenters. The molecular weight excluding hydrogens is 350 g/mol. The van der Waals surface area contributed by atoms with Gasteiger partial charge in [-0.3, -0.25) is 9.20 Å². The highest BCUT2D eigenvalue weighted by atomic mass is 32.2. The molecule has 0 spiro atoms. The molecule has 0 radical (unpaired) electrons. The summed E-state index contributed by atoms with van der Waals surface area (Å²) in [6.45, 7) is -1.13. The molecule has 9 heteroatoms. The molecule has 1 atom stereocenters. The molecule has 2 aromatic heterocycles. The Labute approximate surface area is 146 Å². The number of ether oxygens (including phenoxy) is 1. The van der Waals surface area contributed by atoms with Crippen molar-refractivity contribution in [3.63, 3.8) is 0 Å². The zero-order valence-corrected chi connectivity index (χ0v) is 13.9. The van der Waals surface area contributed by atoms with Gasteiger partial charge in [-0.1, -0.05) is 17.8 Å². The van der Waals surface area contributed by atoms with Crippen molar-refractivity contribution in [2.75, 3.05) is 5.32 Å². The summed E-state index contributed by atoms with van der Waals surface area (Å²) in [4.78, 5) is 12.3. The van der Waals surface area contributed by atoms with E-state index >= 15 is 0 Å². The number of nitrogens with one attached hydrogen (secondary N) is 1. The number of carbonyl (C=O) groups excluding carboxylic acids is 1. The molecule has 0 bridgehead atoms. The topological polar surface area (TPSA) is 68.5 Å². The lowest BCUT2D eigenvalue weighted by molar-refractivity contribution is -0.115. The van der Waals surface area contributed by atoms with E-state index in [1.165, 1.54) is 36.0 Å². The first-order valence-electron chi connectivity index (χ1n) is 7.35. The van der Waals surface area contributed by atoms with E-state index in [9.17, 15) is 13.6 Å². The minimum atomic E-state index is -2.88. The van der Waals surface area contributed by atoms with Crippen LogP contribution in [0.1, 0.15) is 6.92 Å². The van der Waals surface area contributed by atoms with Crippen LogP contribution in [0, 0.1) is 0 Å². The molecular formula is C16H14F2N4O2S. The van der Waals surface area contributed by atoms with Gasteiger partial charge in [0.05, 0.1) is 5.25 Å². The maximum atomic E-state index is 12.3. The highest BCUT2D eigenvalue weighted by Gasteiger charge is 2.18. The summed E-state index contributed by atoms with van der Waals surface area (Å²) in [5.41, 5.74) is 1.19. The smallest absolute Gasteiger partial charge is 0.387 e. The van der Waals surface area contributed by atoms with Gasteiger partial charge in [0, 0.05) is 11.9 Å². The Morgan fingerprint density at radius 1 is 1.20 bits per heavy atom. The van der Waals surface area contributed by atoms with Crippen LogP contribution in [0.3, 0.4) is 0 Å². The minimum absolute atomic E-state index is 0.0327. The second-order valence-corrected chi connectivity index (χ2v) is 6.37. The van der Waals surface area contributed by atoms with Gasteiger partial charge in [-0.25, -0.2) is 0 Å². The van der Waals surface area contributed by atoms with E-state index in [0.717, 1.165) is 0 Å². The molecule has 1 aromatic carbocycles. The number of amides is 1. The van der Waals surface area contributed by atoms with Gasteiger partial charge in [-0.15, -0.1) is 10.2 Å². The fourth-order valence-corrected chi connectivity index (χ4v) is 2.91. The van der Waals surface area contributed by atoms with Gasteiger partial charge < -0.3 is 10.1 Å². The van der Waals surface area contributed by atoms with Gasteiger partial charge >= 0.3 is 6.61 Å². The van der Waals surface area contributed by atoms with Crippen LogP contribution < -0.4 is 10.1 Å². The summed E-state index contributed by atoms with van der Waals surface area (Å²) in [6.07, 6.45) is 1.82. The van der Waals surface area contributed by atoms with E-state index in [4.69, 9.17) is 0 Å². The Morgan fingerprint density at radius 2 is 1.96 bits per heavy atom. The van der Waals surface area contributed by atoms with Crippen LogP contribution in [0.15, 0.2) is 53.8 Å². The number of anilines is 1. The second kappa shape index (κ2) is 7.47. The van der Waals surface area contributed by atoms with Crippen LogP contribution in [0.25, 0.3) is 5.65 Å². The van der Waals surface area contributed by atoms with Crippen LogP contribution in [0.5, 0.6) is 5.75 Å². The maximum absolute atomic E-state index is 12.3. The first-order valence-corrected chi connectivity index (χ1v) is 8.23. The van der Waals surface area contributed by atoms with E-state index < -0.39 is 11.9 Å². The van der Waals surface area contributed by atoms with Gasteiger partial charge in [-0.05, 0) is 43.3 Å². The highest BCUT2D eigenvalue weighted by molar-refractivity contribution is 8.00. The molecule has 6 nitrogen and oxygen atoms in total. The van der Waals surface area contributed by atoms with Crippen molar-refractivity contribution in [1.29, 1.82) is 0 Å². The quantitative estimate of drug-likeness (QED) is 0.679. The standard InChI is InChI=1S/C16H14F2N4O2S/c1-10(25-16-21-20-13-4-2-3-9-22(13)16)14(23)19-11-5-7-12(8-6-11)24-15(17)18/h2-10,15H,1H3,(H,19,23). The predicted molar refractivity (Wildman–Crippen MR) is 90.0 cm³/mol. The number of hydrogen-bond acceptors (Lipinski definition) is 5. The van der Waals surface area contributed by atoms with Crippen LogP contribution in [0.4, 0.5) is 14.5 Å². The van der Waals surface area contributed by atoms with Gasteiger partial charge in [0.25, 0.3) is 0 Å². The summed E-state index contributed by atoms with van der Waals surface area (Å²) < 4.78 is 30.3. The number of hydrogen-bond donors (Lipinski definition) is 1. The van der Waals surface area contributed by atoms with Crippen molar-refractivity contribution in [2.24, 2.45) is 0 Å². The maximum Gasteiger partial charge on any atom is 0.387 e. The second-order valence-electron chi connectivity index (χ2n) is 5.06. The van der Waals surface area contributed by atoms with Crippen molar-refractivity contribution >= 4 is 29.0 Å². The van der Waals surface area contributed by atoms with Crippen LogP contribution >= 0.6 is 11.8 Å². The molecule has 3 aromatic rings. The third kappa shape index (κ3) is 4.24. The van der Waals surface area contributed by atoms with Gasteiger partial charge in [0.2, 0.25) is 5.91 Å². The Bertz CT molecular complexity index is 870. The zero-order chi connectivity index (χ0) is 17.8. The van der Waals surface area contributed by atoms with Crippen molar-refractivity contribution in [2.45, 2.75) is 23.9 Å². The van der Waals surface area contributed by atoms with Crippen molar-refractivity contribution in [3.8, 4) is 5.75 Å². The number of nitrogens with zero attached hydrogens (tertiary/aromatic N) is 3. The molecule has 0 aliphatic heterocycles. The normalized spacial score (nSPS) is 12.3. The van der Waals surface area contributed by atoms with E-state index in [0.29, 0.717) is 16.5 Å². The average Bonchev–Trinajstić information content (AvgIpc) is 2.99. The number of alkyl halides is 2. The number of aromatic nitrogens is 3. The van der Waals surface area contributed by atoms with Gasteiger partial charge in [0.1, 0.15) is 5.75 Å². The molecule has 0 saturated carbocycles. The molecule has 0 aliphatic rings. The molecule has 0 aliphatic carbocycles. The van der Waals surface area contributed by atoms with Gasteiger partial charge in [0.15, 0.2) is 10.8 Å². The Kier molecular flexibility index (Phi) is 5.13. The monoisotopic (exact) mass is 364 g/mol. The molecule has 0 fully saturated rings. The van der Waals surface area contributed by atoms with Crippen molar-refractivity contribution in [1.82, 2.24) is 14.6 Å². The molecule has 2 heterocycles. The first kappa shape index (κ1) is 17.2. The summed E-state index contributed by atoms with van der Waals surface area (Å²) in [6, 6.07) is 11.3. The zero-order valence-electron chi connectivity index (χ0n) is 13.1. The van der Waals surface area contributed by atoms with Crippen molar-refractivity contribution < 1.29 is 18.3 Å². The summed E-state index contributed by atoms with van der Waals surface area (Å²) >= 11 is 1.27. The van der Waals surface area contributed by atoms with E-state index in [-0.39, 0.29) is 11.7 Å². The predicted octanol–water partition coefficient (Wildman–Crippen LogP) is 3.45. The number of fused-ring (bicyclic) bond motifs is 1. The van der Waals surface area contributed by atoms with E-state index in [1.54, 1.807) is 11.3 Å².